The Bertz CT molecular complexity index is 1240. The molecule has 1 atom stereocenters. The smallest absolute Gasteiger partial charge is 0.233 e. The summed E-state index contributed by atoms with van der Waals surface area (Å²) in [7, 11) is 1.59. The third-order valence-corrected chi connectivity index (χ3v) is 6.15. The lowest BCUT2D eigenvalue weighted by Crippen LogP contribution is -2.03. The molecular formula is C24H25N5O. The van der Waals surface area contributed by atoms with Crippen molar-refractivity contribution >= 4 is 10.9 Å². The van der Waals surface area contributed by atoms with Gasteiger partial charge in [0.05, 0.1) is 24.5 Å². The standard InChI is InChI=1S/C24H25N5O/c1-15-5-8-20(18-12-25-29(13-18)14-19-11-24(19,2)3)23(26-15)17-7-6-16-10-22(30-4)28-27-21(16)9-17/h5-10,12-13,19H,11,14H2,1-4H3. The number of aryl methyl sites for hydroxylation is 1. The quantitative estimate of drug-likeness (QED) is 0.477. The number of benzene rings is 1. The SMILES string of the molecule is COc1cc2ccc(-c3nc(C)ccc3-c3cnn(CC4CC4(C)C)c3)cc2nn1. The Morgan fingerprint density at radius 1 is 1.10 bits per heavy atom. The second kappa shape index (κ2) is 6.90. The highest BCUT2D eigenvalue weighted by molar-refractivity contribution is 5.88. The number of methoxy groups -OCH3 is 1. The van der Waals surface area contributed by atoms with Gasteiger partial charge >= 0.3 is 0 Å². The first kappa shape index (κ1) is 18.7. The van der Waals surface area contributed by atoms with Gasteiger partial charge in [-0.25, -0.2) is 0 Å². The molecule has 3 aromatic heterocycles. The van der Waals surface area contributed by atoms with Crippen LogP contribution < -0.4 is 4.74 Å². The summed E-state index contributed by atoms with van der Waals surface area (Å²) >= 11 is 0. The molecule has 1 aromatic carbocycles. The molecule has 0 bridgehead atoms. The van der Waals surface area contributed by atoms with Crippen LogP contribution in [0.2, 0.25) is 0 Å². The zero-order valence-electron chi connectivity index (χ0n) is 17.8. The molecule has 0 aliphatic heterocycles. The topological polar surface area (TPSA) is 65.7 Å². The summed E-state index contributed by atoms with van der Waals surface area (Å²) < 4.78 is 7.25. The van der Waals surface area contributed by atoms with Gasteiger partial charge in [0, 0.05) is 46.6 Å². The highest BCUT2D eigenvalue weighted by Crippen LogP contribution is 2.52. The van der Waals surface area contributed by atoms with Gasteiger partial charge in [-0.3, -0.25) is 9.67 Å². The van der Waals surface area contributed by atoms with Gasteiger partial charge in [0.2, 0.25) is 5.88 Å². The molecular weight excluding hydrogens is 374 g/mol. The number of pyridine rings is 1. The van der Waals surface area contributed by atoms with Gasteiger partial charge in [-0.1, -0.05) is 32.0 Å². The molecule has 0 radical (unpaired) electrons. The Balaban J connectivity index is 1.53. The fourth-order valence-electron chi connectivity index (χ4n) is 3.99. The van der Waals surface area contributed by atoms with Crippen molar-refractivity contribution in [3.63, 3.8) is 0 Å². The molecule has 0 N–H and O–H groups in total. The average Bonchev–Trinajstić information content (AvgIpc) is 3.11. The van der Waals surface area contributed by atoms with Crippen molar-refractivity contribution in [1.29, 1.82) is 0 Å². The zero-order valence-corrected chi connectivity index (χ0v) is 17.8. The van der Waals surface area contributed by atoms with E-state index >= 15 is 0 Å². The van der Waals surface area contributed by atoms with Crippen molar-refractivity contribution in [2.24, 2.45) is 11.3 Å². The summed E-state index contributed by atoms with van der Waals surface area (Å²) in [4.78, 5) is 4.86. The predicted molar refractivity (Wildman–Crippen MR) is 117 cm³/mol. The molecule has 4 aromatic rings. The van der Waals surface area contributed by atoms with Crippen LogP contribution in [-0.4, -0.2) is 32.1 Å². The summed E-state index contributed by atoms with van der Waals surface area (Å²) in [5.41, 5.74) is 6.32. The van der Waals surface area contributed by atoms with Gasteiger partial charge in [0.25, 0.3) is 0 Å². The van der Waals surface area contributed by atoms with E-state index in [9.17, 15) is 0 Å². The third kappa shape index (κ3) is 3.43. The van der Waals surface area contributed by atoms with E-state index in [0.29, 0.717) is 17.2 Å². The zero-order chi connectivity index (χ0) is 20.9. The maximum atomic E-state index is 5.18. The van der Waals surface area contributed by atoms with E-state index in [2.05, 4.69) is 52.2 Å². The van der Waals surface area contributed by atoms with E-state index in [-0.39, 0.29) is 0 Å². The second-order valence-electron chi connectivity index (χ2n) is 8.85. The molecule has 1 saturated carbocycles. The van der Waals surface area contributed by atoms with Crippen molar-refractivity contribution in [3.8, 4) is 28.3 Å². The van der Waals surface area contributed by atoms with Crippen LogP contribution in [0.1, 0.15) is 26.0 Å². The second-order valence-corrected chi connectivity index (χ2v) is 8.85. The highest BCUT2D eigenvalue weighted by atomic mass is 16.5. The molecule has 152 valence electrons. The van der Waals surface area contributed by atoms with E-state index < -0.39 is 0 Å². The summed E-state index contributed by atoms with van der Waals surface area (Å²) in [5, 5.41) is 14.0. The van der Waals surface area contributed by atoms with Crippen LogP contribution in [-0.2, 0) is 6.54 Å². The first-order valence-electron chi connectivity index (χ1n) is 10.3. The molecule has 0 spiro atoms. The fourth-order valence-corrected chi connectivity index (χ4v) is 3.99. The van der Waals surface area contributed by atoms with Gasteiger partial charge in [-0.05, 0) is 36.8 Å². The third-order valence-electron chi connectivity index (χ3n) is 6.15. The normalized spacial score (nSPS) is 17.3. The minimum atomic E-state index is 0.442. The van der Waals surface area contributed by atoms with Crippen LogP contribution in [0.4, 0.5) is 0 Å². The summed E-state index contributed by atoms with van der Waals surface area (Å²) in [6.45, 7) is 7.62. The lowest BCUT2D eigenvalue weighted by atomic mass is 10.00. The Hall–Kier alpha value is -3.28. The van der Waals surface area contributed by atoms with E-state index in [0.717, 1.165) is 45.5 Å². The van der Waals surface area contributed by atoms with Crippen LogP contribution in [0, 0.1) is 18.3 Å². The summed E-state index contributed by atoms with van der Waals surface area (Å²) in [6.07, 6.45) is 5.34. The molecule has 6 heteroatoms. The van der Waals surface area contributed by atoms with Crippen molar-refractivity contribution in [1.82, 2.24) is 25.0 Å². The maximum Gasteiger partial charge on any atom is 0.233 e. The summed E-state index contributed by atoms with van der Waals surface area (Å²) in [6, 6.07) is 12.2. The Morgan fingerprint density at radius 2 is 1.93 bits per heavy atom. The highest BCUT2D eigenvalue weighted by Gasteiger charge is 2.45. The van der Waals surface area contributed by atoms with Gasteiger partial charge in [-0.15, -0.1) is 10.2 Å². The van der Waals surface area contributed by atoms with E-state index in [1.165, 1.54) is 6.42 Å². The maximum absolute atomic E-state index is 5.18. The van der Waals surface area contributed by atoms with Gasteiger partial charge in [0.15, 0.2) is 0 Å². The van der Waals surface area contributed by atoms with Crippen LogP contribution in [0.25, 0.3) is 33.3 Å². The van der Waals surface area contributed by atoms with Gasteiger partial charge < -0.3 is 4.74 Å². The molecule has 1 aliphatic rings. The minimum absolute atomic E-state index is 0.442. The fraction of sp³-hybridized carbons (Fsp3) is 0.333. The first-order valence-corrected chi connectivity index (χ1v) is 10.3. The van der Waals surface area contributed by atoms with Gasteiger partial charge in [0.1, 0.15) is 0 Å². The Kier molecular flexibility index (Phi) is 4.31. The number of fused-ring (bicyclic) bond motifs is 1. The number of aromatic nitrogens is 5. The lowest BCUT2D eigenvalue weighted by Gasteiger charge is -2.10. The van der Waals surface area contributed by atoms with Crippen LogP contribution in [0.5, 0.6) is 5.88 Å². The lowest BCUT2D eigenvalue weighted by molar-refractivity contribution is 0.393. The molecule has 1 fully saturated rings. The van der Waals surface area contributed by atoms with Crippen molar-refractivity contribution in [2.45, 2.75) is 33.7 Å². The Labute approximate surface area is 175 Å². The van der Waals surface area contributed by atoms with E-state index in [1.54, 1.807) is 7.11 Å². The molecule has 0 saturated heterocycles. The van der Waals surface area contributed by atoms with Gasteiger partial charge in [-0.2, -0.15) is 5.10 Å². The molecule has 1 unspecified atom stereocenters. The predicted octanol–water partition coefficient (Wildman–Crippen LogP) is 4.92. The number of hydrogen-bond acceptors (Lipinski definition) is 5. The summed E-state index contributed by atoms with van der Waals surface area (Å²) in [5.74, 6) is 1.22. The van der Waals surface area contributed by atoms with Crippen LogP contribution >= 0.6 is 0 Å². The Morgan fingerprint density at radius 3 is 2.70 bits per heavy atom. The molecule has 5 rings (SSSR count). The molecule has 1 aliphatic carbocycles. The minimum Gasteiger partial charge on any atom is -0.480 e. The van der Waals surface area contributed by atoms with Crippen LogP contribution in [0.3, 0.4) is 0 Å². The first-order chi connectivity index (χ1) is 14.4. The number of nitrogens with zero attached hydrogens (tertiary/aromatic N) is 5. The van der Waals surface area contributed by atoms with Crippen LogP contribution in [0.15, 0.2) is 48.8 Å². The van der Waals surface area contributed by atoms with Crippen molar-refractivity contribution < 1.29 is 4.74 Å². The van der Waals surface area contributed by atoms with Crippen molar-refractivity contribution in [3.05, 3.63) is 54.5 Å². The number of rotatable bonds is 5. The molecule has 6 nitrogen and oxygen atoms in total. The average molecular weight is 399 g/mol. The number of hydrogen-bond donors (Lipinski definition) is 0. The van der Waals surface area contributed by atoms with E-state index in [1.807, 2.05) is 37.4 Å². The molecule has 3 heterocycles. The molecule has 30 heavy (non-hydrogen) atoms. The molecule has 0 amide bonds. The van der Waals surface area contributed by atoms with E-state index in [4.69, 9.17) is 9.72 Å². The van der Waals surface area contributed by atoms with Crippen molar-refractivity contribution in [2.75, 3.05) is 7.11 Å². The largest absolute Gasteiger partial charge is 0.480 e. The monoisotopic (exact) mass is 399 g/mol. The number of ether oxygens (including phenoxy) is 1.